The highest BCUT2D eigenvalue weighted by Crippen LogP contribution is 2.44. The summed E-state index contributed by atoms with van der Waals surface area (Å²) >= 11 is 1.82. The van der Waals surface area contributed by atoms with Gasteiger partial charge in [0.05, 0.1) is 0 Å². The average Bonchev–Trinajstić information content (AvgIpc) is 2.61. The second kappa shape index (κ2) is 3.91. The third-order valence-electron chi connectivity index (χ3n) is 4.28. The SMILES string of the molecule is Cc1sccc1C1(N)CCCC(C)C1C. The van der Waals surface area contributed by atoms with E-state index in [4.69, 9.17) is 5.73 Å². The number of thiophene rings is 1. The first-order valence-corrected chi connectivity index (χ1v) is 6.77. The standard InChI is InChI=1S/C13H21NS/c1-9-5-4-7-13(14,10(9)2)12-6-8-15-11(12)3/h6,8-10H,4-5,7,14H2,1-3H3. The van der Waals surface area contributed by atoms with Gasteiger partial charge in [0, 0.05) is 10.4 Å². The zero-order valence-electron chi connectivity index (χ0n) is 9.92. The van der Waals surface area contributed by atoms with Gasteiger partial charge in [0.1, 0.15) is 0 Å². The Balaban J connectivity index is 2.36. The lowest BCUT2D eigenvalue weighted by Gasteiger charge is -2.43. The van der Waals surface area contributed by atoms with Crippen LogP contribution in [0.3, 0.4) is 0 Å². The highest BCUT2D eigenvalue weighted by atomic mass is 32.1. The van der Waals surface area contributed by atoms with Crippen molar-refractivity contribution in [3.8, 4) is 0 Å². The first-order valence-electron chi connectivity index (χ1n) is 5.89. The molecule has 0 aliphatic heterocycles. The van der Waals surface area contributed by atoms with Crippen LogP contribution in [0.5, 0.6) is 0 Å². The molecule has 84 valence electrons. The molecule has 2 heteroatoms. The van der Waals surface area contributed by atoms with Gasteiger partial charge in [-0.25, -0.2) is 0 Å². The summed E-state index contributed by atoms with van der Waals surface area (Å²) in [5, 5.41) is 2.17. The summed E-state index contributed by atoms with van der Waals surface area (Å²) in [6, 6.07) is 2.23. The van der Waals surface area contributed by atoms with E-state index in [1.165, 1.54) is 23.3 Å². The first kappa shape index (κ1) is 11.2. The summed E-state index contributed by atoms with van der Waals surface area (Å²) in [4.78, 5) is 1.40. The van der Waals surface area contributed by atoms with Gasteiger partial charge < -0.3 is 5.73 Å². The molecule has 0 spiro atoms. The number of hydrogen-bond acceptors (Lipinski definition) is 2. The van der Waals surface area contributed by atoms with Crippen LogP contribution in [0.4, 0.5) is 0 Å². The molecule has 1 aromatic rings. The van der Waals surface area contributed by atoms with Crippen LogP contribution in [0, 0.1) is 18.8 Å². The summed E-state index contributed by atoms with van der Waals surface area (Å²) in [5.74, 6) is 1.35. The predicted molar refractivity (Wildman–Crippen MR) is 67.1 cm³/mol. The number of nitrogens with two attached hydrogens (primary N) is 1. The van der Waals surface area contributed by atoms with Gasteiger partial charge in [-0.05, 0) is 42.2 Å². The molecular formula is C13H21NS. The average molecular weight is 223 g/mol. The maximum Gasteiger partial charge on any atom is 0.0449 e. The molecule has 0 bridgehead atoms. The Morgan fingerprint density at radius 2 is 2.20 bits per heavy atom. The molecule has 1 heterocycles. The van der Waals surface area contributed by atoms with Gasteiger partial charge in [-0.1, -0.05) is 26.7 Å². The maximum absolute atomic E-state index is 6.67. The van der Waals surface area contributed by atoms with Crippen molar-refractivity contribution < 1.29 is 0 Å². The van der Waals surface area contributed by atoms with Crippen LogP contribution >= 0.6 is 11.3 Å². The topological polar surface area (TPSA) is 26.0 Å². The highest BCUT2D eigenvalue weighted by molar-refractivity contribution is 7.10. The molecule has 0 amide bonds. The highest BCUT2D eigenvalue weighted by Gasteiger charge is 2.40. The summed E-state index contributed by atoms with van der Waals surface area (Å²) < 4.78 is 0. The smallest absolute Gasteiger partial charge is 0.0449 e. The van der Waals surface area contributed by atoms with Gasteiger partial charge in [0.15, 0.2) is 0 Å². The molecule has 2 N–H and O–H groups in total. The molecule has 15 heavy (non-hydrogen) atoms. The minimum Gasteiger partial charge on any atom is -0.321 e. The van der Waals surface area contributed by atoms with Crippen molar-refractivity contribution in [2.75, 3.05) is 0 Å². The van der Waals surface area contributed by atoms with Crippen LogP contribution in [-0.4, -0.2) is 0 Å². The van der Waals surface area contributed by atoms with Crippen molar-refractivity contribution in [3.05, 3.63) is 21.9 Å². The lowest BCUT2D eigenvalue weighted by molar-refractivity contribution is 0.143. The molecule has 3 unspecified atom stereocenters. The van der Waals surface area contributed by atoms with Gasteiger partial charge in [-0.2, -0.15) is 0 Å². The van der Waals surface area contributed by atoms with E-state index in [-0.39, 0.29) is 5.54 Å². The molecule has 2 rings (SSSR count). The van der Waals surface area contributed by atoms with E-state index in [2.05, 4.69) is 32.2 Å². The maximum atomic E-state index is 6.67. The fraction of sp³-hybridized carbons (Fsp3) is 0.692. The summed E-state index contributed by atoms with van der Waals surface area (Å²) in [6.07, 6.45) is 3.76. The van der Waals surface area contributed by atoms with E-state index in [1.54, 1.807) is 0 Å². The Morgan fingerprint density at radius 1 is 1.47 bits per heavy atom. The zero-order chi connectivity index (χ0) is 11.1. The monoisotopic (exact) mass is 223 g/mol. The molecule has 0 aromatic carbocycles. The minimum absolute atomic E-state index is 0.0677. The normalized spacial score (nSPS) is 36.8. The largest absolute Gasteiger partial charge is 0.321 e. The molecule has 1 aliphatic rings. The van der Waals surface area contributed by atoms with Crippen LogP contribution in [0.15, 0.2) is 11.4 Å². The van der Waals surface area contributed by atoms with Crippen LogP contribution in [-0.2, 0) is 5.54 Å². The van der Waals surface area contributed by atoms with Gasteiger partial charge in [-0.15, -0.1) is 11.3 Å². The van der Waals surface area contributed by atoms with Crippen LogP contribution in [0.2, 0.25) is 0 Å². The predicted octanol–water partition coefficient (Wildman–Crippen LogP) is 3.67. The lowest BCUT2D eigenvalue weighted by atomic mass is 9.66. The third kappa shape index (κ3) is 1.74. The van der Waals surface area contributed by atoms with Crippen LogP contribution in [0.1, 0.15) is 43.6 Å². The fourth-order valence-corrected chi connectivity index (χ4v) is 3.74. The molecule has 1 fully saturated rings. The molecule has 1 nitrogen and oxygen atoms in total. The Morgan fingerprint density at radius 3 is 2.80 bits per heavy atom. The molecule has 0 saturated heterocycles. The first-order chi connectivity index (χ1) is 7.05. The number of rotatable bonds is 1. The van der Waals surface area contributed by atoms with E-state index in [0.29, 0.717) is 5.92 Å². The van der Waals surface area contributed by atoms with E-state index < -0.39 is 0 Å². The van der Waals surface area contributed by atoms with Gasteiger partial charge in [-0.3, -0.25) is 0 Å². The van der Waals surface area contributed by atoms with Crippen LogP contribution in [0.25, 0.3) is 0 Å². The molecule has 1 aromatic heterocycles. The third-order valence-corrected chi connectivity index (χ3v) is 5.12. The van der Waals surface area contributed by atoms with E-state index in [9.17, 15) is 0 Å². The lowest BCUT2D eigenvalue weighted by Crippen LogP contribution is -2.48. The van der Waals surface area contributed by atoms with Crippen LogP contribution < -0.4 is 5.73 Å². The Bertz CT molecular complexity index is 344. The molecule has 3 atom stereocenters. The van der Waals surface area contributed by atoms with E-state index in [0.717, 1.165) is 12.3 Å². The Kier molecular flexibility index (Phi) is 2.91. The summed E-state index contributed by atoms with van der Waals surface area (Å²) in [7, 11) is 0. The van der Waals surface area contributed by atoms with Crippen molar-refractivity contribution in [2.45, 2.75) is 45.6 Å². The van der Waals surface area contributed by atoms with Crippen molar-refractivity contribution >= 4 is 11.3 Å². The Hall–Kier alpha value is -0.340. The quantitative estimate of drug-likeness (QED) is 0.772. The minimum atomic E-state index is -0.0677. The summed E-state index contributed by atoms with van der Waals surface area (Å²) in [5.41, 5.74) is 7.99. The van der Waals surface area contributed by atoms with Crippen molar-refractivity contribution in [3.63, 3.8) is 0 Å². The van der Waals surface area contributed by atoms with E-state index in [1.807, 2.05) is 11.3 Å². The zero-order valence-corrected chi connectivity index (χ0v) is 10.7. The van der Waals surface area contributed by atoms with Crippen molar-refractivity contribution in [1.82, 2.24) is 0 Å². The number of aryl methyl sites for hydroxylation is 1. The number of hydrogen-bond donors (Lipinski definition) is 1. The molecule has 1 saturated carbocycles. The molecular weight excluding hydrogens is 202 g/mol. The van der Waals surface area contributed by atoms with Crippen molar-refractivity contribution in [2.24, 2.45) is 17.6 Å². The van der Waals surface area contributed by atoms with Crippen molar-refractivity contribution in [1.29, 1.82) is 0 Å². The summed E-state index contributed by atoms with van der Waals surface area (Å²) in [6.45, 7) is 6.86. The van der Waals surface area contributed by atoms with E-state index >= 15 is 0 Å². The fourth-order valence-electron chi connectivity index (χ4n) is 2.95. The molecule has 0 radical (unpaired) electrons. The van der Waals surface area contributed by atoms with Gasteiger partial charge in [0.2, 0.25) is 0 Å². The Labute approximate surface area is 96.7 Å². The van der Waals surface area contributed by atoms with Gasteiger partial charge >= 0.3 is 0 Å². The van der Waals surface area contributed by atoms with Gasteiger partial charge in [0.25, 0.3) is 0 Å². The second-order valence-corrected chi connectivity index (χ2v) is 6.21. The second-order valence-electron chi connectivity index (χ2n) is 5.09. The molecule has 1 aliphatic carbocycles.